The molecule has 0 saturated carbocycles. The number of aromatic amines is 1. The smallest absolute Gasteiger partial charge is 0.268 e. The lowest BCUT2D eigenvalue weighted by molar-refractivity contribution is 0.0949. The summed E-state index contributed by atoms with van der Waals surface area (Å²) in [6.45, 7) is 2.38. The number of carbonyl (C=O) groups excluding carboxylic acids is 1. The third-order valence-electron chi connectivity index (χ3n) is 3.86. The van der Waals surface area contributed by atoms with E-state index in [1.54, 1.807) is 18.2 Å². The lowest BCUT2D eigenvalue weighted by Gasteiger charge is -2.05. The van der Waals surface area contributed by atoms with Gasteiger partial charge in [-0.25, -0.2) is 4.39 Å². The normalized spacial score (nSPS) is 10.9. The summed E-state index contributed by atoms with van der Waals surface area (Å²) < 4.78 is 12.8. The molecule has 118 valence electrons. The first kappa shape index (κ1) is 15.6. The Hall–Kier alpha value is -2.33. The molecular weight excluding hydrogens is 315 g/mol. The van der Waals surface area contributed by atoms with Crippen molar-refractivity contribution >= 4 is 28.4 Å². The fraction of sp³-hybridized carbons (Fsp3) is 0.167. The fourth-order valence-electron chi connectivity index (χ4n) is 2.59. The van der Waals surface area contributed by atoms with Crippen molar-refractivity contribution in [2.24, 2.45) is 0 Å². The van der Waals surface area contributed by atoms with Crippen LogP contribution in [0.2, 0.25) is 5.02 Å². The zero-order valence-corrected chi connectivity index (χ0v) is 13.4. The molecule has 3 rings (SSSR count). The Morgan fingerprint density at radius 3 is 2.70 bits per heavy atom. The minimum Gasteiger partial charge on any atom is -0.350 e. The molecule has 5 heteroatoms. The van der Waals surface area contributed by atoms with Crippen molar-refractivity contribution in [2.75, 3.05) is 6.54 Å². The number of hydrogen-bond acceptors (Lipinski definition) is 1. The summed E-state index contributed by atoms with van der Waals surface area (Å²) in [5.74, 6) is -0.415. The molecule has 3 aromatic rings. The van der Waals surface area contributed by atoms with E-state index in [9.17, 15) is 9.18 Å². The maximum Gasteiger partial charge on any atom is 0.268 e. The van der Waals surface area contributed by atoms with E-state index < -0.39 is 0 Å². The van der Waals surface area contributed by atoms with Crippen LogP contribution in [-0.4, -0.2) is 17.4 Å². The fourth-order valence-corrected chi connectivity index (χ4v) is 2.76. The summed E-state index contributed by atoms with van der Waals surface area (Å²) in [5, 5.41) is 4.47. The van der Waals surface area contributed by atoms with E-state index in [1.165, 1.54) is 12.1 Å². The molecule has 0 aliphatic carbocycles. The first-order valence-corrected chi connectivity index (χ1v) is 7.73. The van der Waals surface area contributed by atoms with Gasteiger partial charge in [-0.3, -0.25) is 4.79 Å². The third kappa shape index (κ3) is 3.37. The first-order valence-electron chi connectivity index (χ1n) is 7.35. The number of aromatic nitrogens is 1. The van der Waals surface area contributed by atoms with Crippen LogP contribution in [-0.2, 0) is 6.42 Å². The Kier molecular flexibility index (Phi) is 4.35. The summed E-state index contributed by atoms with van der Waals surface area (Å²) in [4.78, 5) is 15.5. The molecule has 23 heavy (non-hydrogen) atoms. The van der Waals surface area contributed by atoms with Gasteiger partial charge in [-0.05, 0) is 54.8 Å². The molecule has 1 heterocycles. The first-order chi connectivity index (χ1) is 11.0. The van der Waals surface area contributed by atoms with Crippen molar-refractivity contribution in [3.63, 3.8) is 0 Å². The summed E-state index contributed by atoms with van der Waals surface area (Å²) in [6, 6.07) is 11.8. The summed E-state index contributed by atoms with van der Waals surface area (Å²) in [6.07, 6.45) is 0.650. The molecule has 2 aromatic carbocycles. The number of fused-ring (bicyclic) bond motifs is 1. The summed E-state index contributed by atoms with van der Waals surface area (Å²) in [7, 11) is 0. The Labute approximate surface area is 138 Å². The van der Waals surface area contributed by atoms with Crippen LogP contribution in [0.4, 0.5) is 4.39 Å². The number of halogens is 2. The molecule has 0 aliphatic rings. The van der Waals surface area contributed by atoms with Crippen LogP contribution < -0.4 is 5.32 Å². The number of amides is 1. The van der Waals surface area contributed by atoms with E-state index in [-0.39, 0.29) is 11.7 Å². The molecule has 0 saturated heterocycles. The lowest BCUT2D eigenvalue weighted by atomic mass is 10.1. The number of carbonyl (C=O) groups is 1. The second kappa shape index (κ2) is 6.42. The summed E-state index contributed by atoms with van der Waals surface area (Å²) >= 11 is 6.00. The topological polar surface area (TPSA) is 44.9 Å². The molecule has 0 atom stereocenters. The third-order valence-corrected chi connectivity index (χ3v) is 4.09. The van der Waals surface area contributed by atoms with Gasteiger partial charge in [-0.1, -0.05) is 23.7 Å². The highest BCUT2D eigenvalue weighted by molar-refractivity contribution is 6.31. The molecule has 2 N–H and O–H groups in total. The average molecular weight is 331 g/mol. The van der Waals surface area contributed by atoms with E-state index in [2.05, 4.69) is 10.3 Å². The average Bonchev–Trinajstić information content (AvgIpc) is 2.86. The number of aryl methyl sites for hydroxylation is 1. The standard InChI is InChI=1S/C18H16ClFN2O/c1-11-15-10-13(19)4-7-16(15)22-17(11)18(23)21-9-8-12-2-5-14(20)6-3-12/h2-7,10,22H,8-9H2,1H3,(H,21,23). The predicted molar refractivity (Wildman–Crippen MR) is 90.5 cm³/mol. The maximum atomic E-state index is 12.8. The van der Waals surface area contributed by atoms with Crippen LogP contribution in [0.1, 0.15) is 21.6 Å². The highest BCUT2D eigenvalue weighted by atomic mass is 35.5. The molecule has 0 aliphatic heterocycles. The molecule has 0 radical (unpaired) electrons. The monoisotopic (exact) mass is 330 g/mol. The maximum absolute atomic E-state index is 12.8. The molecular formula is C18H16ClFN2O. The molecule has 0 fully saturated rings. The van der Waals surface area contributed by atoms with Crippen molar-refractivity contribution in [3.05, 3.63) is 70.1 Å². The molecule has 3 nitrogen and oxygen atoms in total. The van der Waals surface area contributed by atoms with Gasteiger partial charge in [0.15, 0.2) is 0 Å². The minimum atomic E-state index is -0.259. The van der Waals surface area contributed by atoms with Gasteiger partial charge in [0.1, 0.15) is 11.5 Å². The minimum absolute atomic E-state index is 0.156. The van der Waals surface area contributed by atoms with Gasteiger partial charge in [0.2, 0.25) is 0 Å². The largest absolute Gasteiger partial charge is 0.350 e. The van der Waals surface area contributed by atoms with Gasteiger partial charge in [-0.2, -0.15) is 0 Å². The highest BCUT2D eigenvalue weighted by Gasteiger charge is 2.14. The van der Waals surface area contributed by atoms with E-state index in [4.69, 9.17) is 11.6 Å². The van der Waals surface area contributed by atoms with Crippen LogP contribution in [0.15, 0.2) is 42.5 Å². The van der Waals surface area contributed by atoms with Crippen molar-refractivity contribution < 1.29 is 9.18 Å². The van der Waals surface area contributed by atoms with E-state index >= 15 is 0 Å². The van der Waals surface area contributed by atoms with Gasteiger partial charge < -0.3 is 10.3 Å². The van der Waals surface area contributed by atoms with Crippen molar-refractivity contribution in [3.8, 4) is 0 Å². The van der Waals surface area contributed by atoms with Crippen molar-refractivity contribution in [1.29, 1.82) is 0 Å². The second-order valence-corrected chi connectivity index (χ2v) is 5.88. The molecule has 1 amide bonds. The second-order valence-electron chi connectivity index (χ2n) is 5.45. The number of H-pyrrole nitrogens is 1. The van der Waals surface area contributed by atoms with E-state index in [0.29, 0.717) is 23.7 Å². The Bertz CT molecular complexity index is 855. The van der Waals surface area contributed by atoms with Crippen LogP contribution >= 0.6 is 11.6 Å². The molecule has 1 aromatic heterocycles. The van der Waals surface area contributed by atoms with Gasteiger partial charge in [0, 0.05) is 22.5 Å². The lowest BCUT2D eigenvalue weighted by Crippen LogP contribution is -2.26. The van der Waals surface area contributed by atoms with Crippen molar-refractivity contribution in [2.45, 2.75) is 13.3 Å². The molecule has 0 spiro atoms. The van der Waals surface area contributed by atoms with Crippen LogP contribution in [0.3, 0.4) is 0 Å². The molecule has 0 bridgehead atoms. The predicted octanol–water partition coefficient (Wildman–Crippen LogP) is 4.24. The highest BCUT2D eigenvalue weighted by Crippen LogP contribution is 2.24. The Balaban J connectivity index is 1.68. The van der Waals surface area contributed by atoms with Crippen LogP contribution in [0, 0.1) is 12.7 Å². The van der Waals surface area contributed by atoms with E-state index in [0.717, 1.165) is 22.0 Å². The van der Waals surface area contributed by atoms with Crippen molar-refractivity contribution in [1.82, 2.24) is 10.3 Å². The SMILES string of the molecule is Cc1c(C(=O)NCCc2ccc(F)cc2)[nH]c2ccc(Cl)cc12. The Morgan fingerprint density at radius 2 is 1.96 bits per heavy atom. The van der Waals surface area contributed by atoms with Crippen LogP contribution in [0.5, 0.6) is 0 Å². The Morgan fingerprint density at radius 1 is 1.22 bits per heavy atom. The van der Waals surface area contributed by atoms with Gasteiger partial charge in [0.05, 0.1) is 0 Å². The van der Waals surface area contributed by atoms with Gasteiger partial charge >= 0.3 is 0 Å². The van der Waals surface area contributed by atoms with Crippen LogP contribution in [0.25, 0.3) is 10.9 Å². The summed E-state index contributed by atoms with van der Waals surface area (Å²) in [5.41, 5.74) is 3.28. The molecule has 0 unspecified atom stereocenters. The zero-order valence-electron chi connectivity index (χ0n) is 12.6. The number of nitrogens with one attached hydrogen (secondary N) is 2. The number of hydrogen-bond donors (Lipinski definition) is 2. The number of benzene rings is 2. The zero-order chi connectivity index (χ0) is 16.4. The van der Waals surface area contributed by atoms with Gasteiger partial charge in [-0.15, -0.1) is 0 Å². The van der Waals surface area contributed by atoms with Gasteiger partial charge in [0.25, 0.3) is 5.91 Å². The number of rotatable bonds is 4. The quantitative estimate of drug-likeness (QED) is 0.738. The van der Waals surface area contributed by atoms with E-state index in [1.807, 2.05) is 19.1 Å².